The summed E-state index contributed by atoms with van der Waals surface area (Å²) in [5.74, 6) is -0.530. The molecule has 0 heterocycles. The van der Waals surface area contributed by atoms with E-state index in [9.17, 15) is 15.1 Å². The maximum atomic E-state index is 10.5. The molecular weight excluding hydrogens is 266 g/mol. The molecule has 116 valence electrons. The molecular formula is C13H29NO4S. The van der Waals surface area contributed by atoms with Crippen LogP contribution >= 0.6 is 12.6 Å². The van der Waals surface area contributed by atoms with E-state index in [2.05, 4.69) is 12.6 Å². The molecule has 0 spiro atoms. The number of unbranched alkanes of at least 4 members (excludes halogenated alkanes) is 1. The standard InChI is InChI=1S/C11H23NO4S.C2H6/c1-9(11(14)15)4-2-3-6-12(16)8-10(13)5-7-17;1-2/h9-10,13,16-17H,2-8H2,1H3,(H,14,15);1-2H3. The predicted molar refractivity (Wildman–Crippen MR) is 79.8 cm³/mol. The number of thiol groups is 1. The Labute approximate surface area is 122 Å². The van der Waals surface area contributed by atoms with Gasteiger partial charge in [0.15, 0.2) is 0 Å². The summed E-state index contributed by atoms with van der Waals surface area (Å²) in [6, 6.07) is 0. The van der Waals surface area contributed by atoms with E-state index in [1.165, 1.54) is 0 Å². The number of hydrogen-bond donors (Lipinski definition) is 4. The average Bonchev–Trinajstić information content (AvgIpc) is 2.36. The molecule has 0 aromatic carbocycles. The molecule has 0 rings (SSSR count). The van der Waals surface area contributed by atoms with Gasteiger partial charge in [-0.1, -0.05) is 27.2 Å². The van der Waals surface area contributed by atoms with Crippen molar-refractivity contribution in [3.05, 3.63) is 0 Å². The van der Waals surface area contributed by atoms with Gasteiger partial charge in [0, 0.05) is 13.1 Å². The van der Waals surface area contributed by atoms with Gasteiger partial charge in [0.25, 0.3) is 0 Å². The van der Waals surface area contributed by atoms with Gasteiger partial charge < -0.3 is 15.4 Å². The van der Waals surface area contributed by atoms with Crippen LogP contribution in [-0.2, 0) is 4.79 Å². The zero-order valence-corrected chi connectivity index (χ0v) is 13.1. The maximum absolute atomic E-state index is 10.5. The van der Waals surface area contributed by atoms with Crippen LogP contribution in [-0.4, -0.2) is 51.4 Å². The van der Waals surface area contributed by atoms with Crippen LogP contribution in [0.2, 0.25) is 0 Å². The number of hydroxylamine groups is 2. The largest absolute Gasteiger partial charge is 0.481 e. The minimum absolute atomic E-state index is 0.217. The number of carboxylic acids is 1. The molecule has 0 fully saturated rings. The highest BCUT2D eigenvalue weighted by molar-refractivity contribution is 7.80. The van der Waals surface area contributed by atoms with Crippen LogP contribution in [0.3, 0.4) is 0 Å². The van der Waals surface area contributed by atoms with E-state index in [-0.39, 0.29) is 12.5 Å². The number of nitrogens with zero attached hydrogens (tertiary/aromatic N) is 1. The van der Waals surface area contributed by atoms with Gasteiger partial charge in [0.05, 0.1) is 12.0 Å². The molecule has 2 atom stereocenters. The Hall–Kier alpha value is -0.300. The van der Waals surface area contributed by atoms with Crippen LogP contribution in [0, 0.1) is 5.92 Å². The zero-order valence-electron chi connectivity index (χ0n) is 12.2. The molecule has 0 aromatic heterocycles. The van der Waals surface area contributed by atoms with Crippen LogP contribution in [0.5, 0.6) is 0 Å². The van der Waals surface area contributed by atoms with Gasteiger partial charge in [-0.3, -0.25) is 4.79 Å². The lowest BCUT2D eigenvalue weighted by atomic mass is 10.0. The van der Waals surface area contributed by atoms with Gasteiger partial charge in [-0.2, -0.15) is 17.7 Å². The summed E-state index contributed by atoms with van der Waals surface area (Å²) >= 11 is 3.99. The number of hydrogen-bond acceptors (Lipinski definition) is 5. The average molecular weight is 295 g/mol. The molecule has 0 bridgehead atoms. The molecule has 0 amide bonds. The lowest BCUT2D eigenvalue weighted by Gasteiger charge is -2.18. The summed E-state index contributed by atoms with van der Waals surface area (Å²) in [7, 11) is 0. The summed E-state index contributed by atoms with van der Waals surface area (Å²) in [5, 5.41) is 28.6. The summed E-state index contributed by atoms with van der Waals surface area (Å²) in [6.45, 7) is 6.35. The number of carbonyl (C=O) groups is 1. The third-order valence-electron chi connectivity index (χ3n) is 2.61. The Balaban J connectivity index is 0. The van der Waals surface area contributed by atoms with Crippen molar-refractivity contribution in [2.24, 2.45) is 5.92 Å². The molecule has 5 nitrogen and oxygen atoms in total. The van der Waals surface area contributed by atoms with Crippen molar-refractivity contribution in [3.63, 3.8) is 0 Å². The van der Waals surface area contributed by atoms with Crippen LogP contribution < -0.4 is 0 Å². The Morgan fingerprint density at radius 1 is 1.26 bits per heavy atom. The van der Waals surface area contributed by atoms with E-state index in [0.29, 0.717) is 25.1 Å². The van der Waals surface area contributed by atoms with E-state index in [1.54, 1.807) is 6.92 Å². The maximum Gasteiger partial charge on any atom is 0.306 e. The first-order valence-corrected chi connectivity index (χ1v) is 7.56. The van der Waals surface area contributed by atoms with Crippen LogP contribution in [0.25, 0.3) is 0 Å². The summed E-state index contributed by atoms with van der Waals surface area (Å²) in [6.07, 6.45) is 2.09. The Morgan fingerprint density at radius 2 is 1.84 bits per heavy atom. The van der Waals surface area contributed by atoms with Crippen molar-refractivity contribution in [1.29, 1.82) is 0 Å². The number of aliphatic carboxylic acids is 1. The van der Waals surface area contributed by atoms with Gasteiger partial charge in [-0.15, -0.1) is 0 Å². The second-order valence-corrected chi connectivity index (χ2v) is 4.76. The third-order valence-corrected chi connectivity index (χ3v) is 2.87. The molecule has 6 heteroatoms. The molecule has 0 aromatic rings. The van der Waals surface area contributed by atoms with Crippen LogP contribution in [0.4, 0.5) is 0 Å². The predicted octanol–water partition coefficient (Wildman–Crippen LogP) is 2.28. The van der Waals surface area contributed by atoms with Gasteiger partial charge in [0.1, 0.15) is 0 Å². The van der Waals surface area contributed by atoms with Crippen molar-refractivity contribution in [2.75, 3.05) is 18.8 Å². The van der Waals surface area contributed by atoms with Crippen LogP contribution in [0.15, 0.2) is 0 Å². The monoisotopic (exact) mass is 295 g/mol. The van der Waals surface area contributed by atoms with Crippen molar-refractivity contribution >= 4 is 18.6 Å². The first-order valence-electron chi connectivity index (χ1n) is 6.93. The number of rotatable bonds is 10. The fourth-order valence-corrected chi connectivity index (χ4v) is 1.74. The first kappa shape index (κ1) is 21.0. The Kier molecular flexibility index (Phi) is 15.6. The smallest absolute Gasteiger partial charge is 0.306 e. The Morgan fingerprint density at radius 3 is 2.32 bits per heavy atom. The molecule has 0 aliphatic rings. The third kappa shape index (κ3) is 13.9. The van der Waals surface area contributed by atoms with Crippen LogP contribution in [0.1, 0.15) is 46.5 Å². The molecule has 0 aliphatic heterocycles. The van der Waals surface area contributed by atoms with E-state index in [4.69, 9.17) is 5.11 Å². The molecule has 3 N–H and O–H groups in total. The van der Waals surface area contributed by atoms with E-state index in [1.807, 2.05) is 13.8 Å². The summed E-state index contributed by atoms with van der Waals surface area (Å²) in [4.78, 5) is 10.5. The topological polar surface area (TPSA) is 81.0 Å². The first-order chi connectivity index (χ1) is 8.97. The van der Waals surface area contributed by atoms with Crippen molar-refractivity contribution in [1.82, 2.24) is 5.06 Å². The van der Waals surface area contributed by atoms with Gasteiger partial charge in [-0.05, 0) is 25.0 Å². The van der Waals surface area contributed by atoms with E-state index < -0.39 is 12.1 Å². The van der Waals surface area contributed by atoms with Gasteiger partial charge in [0.2, 0.25) is 0 Å². The lowest BCUT2D eigenvalue weighted by Crippen LogP contribution is -2.30. The summed E-state index contributed by atoms with van der Waals surface area (Å²) < 4.78 is 0. The highest BCUT2D eigenvalue weighted by Crippen LogP contribution is 2.08. The normalized spacial score (nSPS) is 13.6. The van der Waals surface area contributed by atoms with E-state index >= 15 is 0 Å². The minimum atomic E-state index is -0.782. The fraction of sp³-hybridized carbons (Fsp3) is 0.923. The minimum Gasteiger partial charge on any atom is -0.481 e. The van der Waals surface area contributed by atoms with Gasteiger partial charge >= 0.3 is 5.97 Å². The highest BCUT2D eigenvalue weighted by atomic mass is 32.1. The highest BCUT2D eigenvalue weighted by Gasteiger charge is 2.11. The van der Waals surface area contributed by atoms with Gasteiger partial charge in [-0.25, -0.2) is 0 Å². The fourth-order valence-electron chi connectivity index (χ4n) is 1.44. The van der Waals surface area contributed by atoms with Crippen molar-refractivity contribution in [2.45, 2.75) is 52.6 Å². The molecule has 0 aliphatic carbocycles. The number of aliphatic hydroxyl groups is 1. The van der Waals surface area contributed by atoms with Crippen molar-refractivity contribution in [3.8, 4) is 0 Å². The van der Waals surface area contributed by atoms with E-state index in [0.717, 1.165) is 17.9 Å². The zero-order chi connectivity index (χ0) is 15.3. The molecule has 0 saturated carbocycles. The molecule has 2 unspecified atom stereocenters. The molecule has 0 saturated heterocycles. The SMILES string of the molecule is CC.CC(CCCCN(O)CC(O)CCS)C(=O)O. The quantitative estimate of drug-likeness (QED) is 0.282. The molecule has 19 heavy (non-hydrogen) atoms. The second-order valence-electron chi connectivity index (χ2n) is 4.31. The number of carboxylic acid groups (broad SMARTS) is 1. The molecule has 0 radical (unpaired) electrons. The second kappa shape index (κ2) is 14.1. The Bertz CT molecular complexity index is 217. The summed E-state index contributed by atoms with van der Waals surface area (Å²) in [5.41, 5.74) is 0. The lowest BCUT2D eigenvalue weighted by molar-refractivity contribution is -0.141. The van der Waals surface area contributed by atoms with Crippen molar-refractivity contribution < 1.29 is 20.2 Å². The number of aliphatic hydroxyl groups excluding tert-OH is 1.